The molecule has 0 atom stereocenters. The summed E-state index contributed by atoms with van der Waals surface area (Å²) in [6.45, 7) is 4.73. The van der Waals surface area contributed by atoms with Crippen LogP contribution in [0.1, 0.15) is 41.4 Å². The average molecular weight is 397 g/mol. The number of halogens is 1. The lowest BCUT2D eigenvalue weighted by atomic mass is 10.0. The van der Waals surface area contributed by atoms with E-state index in [2.05, 4.69) is 4.90 Å². The van der Waals surface area contributed by atoms with Crippen molar-refractivity contribution in [1.29, 1.82) is 0 Å². The van der Waals surface area contributed by atoms with E-state index in [4.69, 9.17) is 9.97 Å². The summed E-state index contributed by atoms with van der Waals surface area (Å²) in [5, 5.41) is 0. The Hall–Kier alpha value is -2.70. The number of aromatic nitrogens is 2. The second-order valence-corrected chi connectivity index (χ2v) is 8.16. The second-order valence-electron chi connectivity index (χ2n) is 8.16. The second kappa shape index (κ2) is 7.97. The molecule has 1 aliphatic heterocycles. The minimum Gasteiger partial charge on any atom is -0.353 e. The summed E-state index contributed by atoms with van der Waals surface area (Å²) in [6, 6.07) is 6.92. The van der Waals surface area contributed by atoms with Gasteiger partial charge < -0.3 is 14.7 Å². The Morgan fingerprint density at radius 1 is 1.14 bits per heavy atom. The number of piperazine rings is 1. The molecule has 1 saturated heterocycles. The Morgan fingerprint density at radius 3 is 2.45 bits per heavy atom. The number of aryl methyl sites for hydroxylation is 1. The van der Waals surface area contributed by atoms with Gasteiger partial charge in [-0.2, -0.15) is 0 Å². The molecule has 0 unspecified atom stereocenters. The highest BCUT2D eigenvalue weighted by Crippen LogP contribution is 2.39. The number of nitrogens with zero attached hydrogens (tertiary/aromatic N) is 5. The number of hydrogen-bond donors (Lipinski definition) is 0. The van der Waals surface area contributed by atoms with Crippen molar-refractivity contribution in [2.45, 2.75) is 32.1 Å². The van der Waals surface area contributed by atoms with Gasteiger partial charge in [0.15, 0.2) is 0 Å². The highest BCUT2D eigenvalue weighted by atomic mass is 19.1. The maximum atomic E-state index is 14.3. The van der Waals surface area contributed by atoms with Gasteiger partial charge in [-0.25, -0.2) is 19.2 Å². The number of amides is 2. The zero-order chi connectivity index (χ0) is 20.5. The van der Waals surface area contributed by atoms with Crippen molar-refractivity contribution in [1.82, 2.24) is 19.8 Å². The van der Waals surface area contributed by atoms with Crippen molar-refractivity contribution in [3.8, 4) is 0 Å². The van der Waals surface area contributed by atoms with Crippen LogP contribution < -0.4 is 4.90 Å². The van der Waals surface area contributed by atoms with Crippen LogP contribution in [0.2, 0.25) is 0 Å². The third-order valence-electron chi connectivity index (χ3n) is 5.71. The van der Waals surface area contributed by atoms with E-state index < -0.39 is 0 Å². The fraction of sp³-hybridized carbons (Fsp3) is 0.500. The molecule has 2 aliphatic rings. The van der Waals surface area contributed by atoms with E-state index >= 15 is 0 Å². The molecule has 2 heterocycles. The Labute approximate surface area is 171 Å². The molecule has 1 aliphatic carbocycles. The molecule has 0 bridgehead atoms. The SMILES string of the molecule is Cc1nc(C2CC2)nc(N2CCN(C(=O)N(C)C)CC2)c1Cc1ccccc1F. The van der Waals surface area contributed by atoms with Gasteiger partial charge in [-0.05, 0) is 31.4 Å². The molecule has 7 heteroatoms. The van der Waals surface area contributed by atoms with Crippen LogP contribution in [0, 0.1) is 12.7 Å². The first-order valence-electron chi connectivity index (χ1n) is 10.3. The van der Waals surface area contributed by atoms with Gasteiger partial charge in [0.2, 0.25) is 0 Å². The van der Waals surface area contributed by atoms with Crippen molar-refractivity contribution in [2.75, 3.05) is 45.2 Å². The minimum atomic E-state index is -0.203. The Kier molecular flexibility index (Phi) is 5.39. The number of urea groups is 1. The maximum Gasteiger partial charge on any atom is 0.319 e. The molecule has 0 N–H and O–H groups in total. The van der Waals surface area contributed by atoms with Gasteiger partial charge in [-0.15, -0.1) is 0 Å². The monoisotopic (exact) mass is 397 g/mol. The standard InChI is InChI=1S/C22H28FN5O/c1-15-18(14-17-6-4-5-7-19(17)23)21(25-20(24-15)16-8-9-16)27-10-12-28(13-11-27)22(29)26(2)3/h4-7,16H,8-14H2,1-3H3. The average Bonchev–Trinajstić information content (AvgIpc) is 3.55. The maximum absolute atomic E-state index is 14.3. The molecule has 1 saturated carbocycles. The smallest absolute Gasteiger partial charge is 0.319 e. The summed E-state index contributed by atoms with van der Waals surface area (Å²) in [4.78, 5) is 27.6. The van der Waals surface area contributed by atoms with Gasteiger partial charge in [0.05, 0.1) is 0 Å². The van der Waals surface area contributed by atoms with Gasteiger partial charge in [0, 0.05) is 63.9 Å². The van der Waals surface area contributed by atoms with Crippen LogP contribution in [0.5, 0.6) is 0 Å². The molecule has 1 aromatic heterocycles. The zero-order valence-electron chi connectivity index (χ0n) is 17.4. The van der Waals surface area contributed by atoms with Crippen molar-refractivity contribution in [3.63, 3.8) is 0 Å². The number of carbonyl (C=O) groups excluding carboxylic acids is 1. The van der Waals surface area contributed by atoms with E-state index in [9.17, 15) is 9.18 Å². The van der Waals surface area contributed by atoms with Crippen LogP contribution >= 0.6 is 0 Å². The van der Waals surface area contributed by atoms with E-state index in [0.29, 0.717) is 44.1 Å². The normalized spacial score (nSPS) is 16.8. The number of rotatable bonds is 4. The topological polar surface area (TPSA) is 52.6 Å². The molecule has 2 aromatic rings. The molecule has 0 spiro atoms. The summed E-state index contributed by atoms with van der Waals surface area (Å²) in [7, 11) is 3.55. The fourth-order valence-corrected chi connectivity index (χ4v) is 3.82. The third-order valence-corrected chi connectivity index (χ3v) is 5.71. The van der Waals surface area contributed by atoms with E-state index in [1.165, 1.54) is 6.07 Å². The summed E-state index contributed by atoms with van der Waals surface area (Å²) in [5.74, 6) is 2.05. The highest BCUT2D eigenvalue weighted by molar-refractivity contribution is 5.74. The summed E-state index contributed by atoms with van der Waals surface area (Å²) in [5.41, 5.74) is 2.56. The first kappa shape index (κ1) is 19.6. The lowest BCUT2D eigenvalue weighted by Crippen LogP contribution is -2.52. The molecule has 2 fully saturated rings. The third kappa shape index (κ3) is 4.18. The molecule has 0 radical (unpaired) electrons. The van der Waals surface area contributed by atoms with Crippen LogP contribution in [-0.4, -0.2) is 66.1 Å². The van der Waals surface area contributed by atoms with Gasteiger partial charge >= 0.3 is 6.03 Å². The van der Waals surface area contributed by atoms with Crippen molar-refractivity contribution in [3.05, 3.63) is 52.7 Å². The molecule has 154 valence electrons. The van der Waals surface area contributed by atoms with Crippen LogP contribution in [0.3, 0.4) is 0 Å². The minimum absolute atomic E-state index is 0.0359. The van der Waals surface area contributed by atoms with Crippen LogP contribution in [0.4, 0.5) is 15.0 Å². The number of carbonyl (C=O) groups is 1. The van der Waals surface area contributed by atoms with Crippen molar-refractivity contribution < 1.29 is 9.18 Å². The lowest BCUT2D eigenvalue weighted by molar-refractivity contribution is 0.168. The molecule has 1 aromatic carbocycles. The van der Waals surface area contributed by atoms with Crippen LogP contribution in [-0.2, 0) is 6.42 Å². The van der Waals surface area contributed by atoms with Crippen LogP contribution in [0.15, 0.2) is 24.3 Å². The predicted octanol–water partition coefficient (Wildman–Crippen LogP) is 3.20. The lowest BCUT2D eigenvalue weighted by Gasteiger charge is -2.37. The van der Waals surface area contributed by atoms with E-state index in [1.807, 2.05) is 24.0 Å². The number of hydrogen-bond acceptors (Lipinski definition) is 4. The molecule has 29 heavy (non-hydrogen) atoms. The zero-order valence-corrected chi connectivity index (χ0v) is 17.4. The van der Waals surface area contributed by atoms with E-state index in [-0.39, 0.29) is 11.8 Å². The van der Waals surface area contributed by atoms with Crippen molar-refractivity contribution in [2.24, 2.45) is 0 Å². The molecular weight excluding hydrogens is 369 g/mol. The Balaban J connectivity index is 1.63. The van der Waals surface area contributed by atoms with E-state index in [0.717, 1.165) is 35.7 Å². The first-order chi connectivity index (χ1) is 13.9. The molecule has 4 rings (SSSR count). The van der Waals surface area contributed by atoms with Gasteiger partial charge in [-0.3, -0.25) is 0 Å². The van der Waals surface area contributed by atoms with E-state index in [1.54, 1.807) is 25.1 Å². The Bertz CT molecular complexity index is 904. The van der Waals surface area contributed by atoms with Gasteiger partial charge in [0.25, 0.3) is 0 Å². The first-order valence-corrected chi connectivity index (χ1v) is 10.3. The van der Waals surface area contributed by atoms with Crippen LogP contribution in [0.25, 0.3) is 0 Å². The highest BCUT2D eigenvalue weighted by Gasteiger charge is 2.31. The van der Waals surface area contributed by atoms with Crippen molar-refractivity contribution >= 4 is 11.8 Å². The summed E-state index contributed by atoms with van der Waals surface area (Å²) in [6.07, 6.45) is 2.74. The van der Waals surface area contributed by atoms with Gasteiger partial charge in [0.1, 0.15) is 17.5 Å². The fourth-order valence-electron chi connectivity index (χ4n) is 3.82. The Morgan fingerprint density at radius 2 is 1.83 bits per heavy atom. The molecule has 2 amide bonds. The predicted molar refractivity (Wildman–Crippen MR) is 111 cm³/mol. The quantitative estimate of drug-likeness (QED) is 0.795. The largest absolute Gasteiger partial charge is 0.353 e. The molecule has 6 nitrogen and oxygen atoms in total. The van der Waals surface area contributed by atoms with Gasteiger partial charge in [-0.1, -0.05) is 18.2 Å². The molecular formula is C22H28FN5O. The summed E-state index contributed by atoms with van der Waals surface area (Å²) >= 11 is 0. The number of anilines is 1. The summed E-state index contributed by atoms with van der Waals surface area (Å²) < 4.78 is 14.3. The number of benzene rings is 1.